The molecule has 6 heteroatoms. The minimum absolute atomic E-state index is 0.356. The van der Waals surface area contributed by atoms with Gasteiger partial charge in [0, 0.05) is 12.8 Å². The first-order chi connectivity index (χ1) is 8.90. The molecule has 3 N–H and O–H groups in total. The monoisotopic (exact) mass is 271 g/mol. The summed E-state index contributed by atoms with van der Waals surface area (Å²) in [5.41, 5.74) is 0. The Morgan fingerprint density at radius 3 is 1.63 bits per heavy atom. The van der Waals surface area contributed by atoms with Crippen LogP contribution in [0.2, 0.25) is 0 Å². The molecule has 0 amide bonds. The van der Waals surface area contributed by atoms with Crippen molar-refractivity contribution in [3.8, 4) is 0 Å². The van der Waals surface area contributed by atoms with Crippen LogP contribution in [0.15, 0.2) is 9.98 Å². The number of hydrogen-bond donors (Lipinski definition) is 3. The van der Waals surface area contributed by atoms with Crippen molar-refractivity contribution in [3.63, 3.8) is 0 Å². The number of nitrogens with zero attached hydrogens (tertiary/aromatic N) is 3. The molecule has 1 heterocycles. The van der Waals surface area contributed by atoms with Crippen molar-refractivity contribution in [3.05, 3.63) is 0 Å². The molecule has 6 nitrogen and oxygen atoms in total. The van der Waals surface area contributed by atoms with Gasteiger partial charge in [0.1, 0.15) is 11.7 Å². The van der Waals surface area contributed by atoms with E-state index in [0.29, 0.717) is 19.6 Å². The first kappa shape index (κ1) is 16.1. The zero-order chi connectivity index (χ0) is 14.4. The average Bonchev–Trinajstić information content (AvgIpc) is 2.65. The highest BCUT2D eigenvalue weighted by Gasteiger charge is 2.26. The van der Waals surface area contributed by atoms with Gasteiger partial charge in [0.15, 0.2) is 0 Å². The number of aliphatic hydroxyl groups excluding tert-OH is 3. The predicted molar refractivity (Wildman–Crippen MR) is 75.6 cm³/mol. The third-order valence-electron chi connectivity index (χ3n) is 2.72. The van der Waals surface area contributed by atoms with E-state index < -0.39 is 18.3 Å². The van der Waals surface area contributed by atoms with E-state index in [-0.39, 0.29) is 0 Å². The van der Waals surface area contributed by atoms with E-state index in [1.54, 1.807) is 20.8 Å². The summed E-state index contributed by atoms with van der Waals surface area (Å²) in [5.74, 6) is 1.71. The third kappa shape index (κ3) is 5.67. The lowest BCUT2D eigenvalue weighted by Crippen LogP contribution is -2.36. The maximum Gasteiger partial charge on any atom is 0.105 e. The zero-order valence-corrected chi connectivity index (χ0v) is 12.0. The number of aliphatic imine (C=N–C) groups is 2. The topological polar surface area (TPSA) is 88.7 Å². The molecule has 0 aromatic carbocycles. The number of β-amino-alcohol motifs (C(OH)–C–C–N with tert-alkyl or cyclic N) is 1. The number of likely N-dealkylation sites (tertiary alicyclic amines) is 1. The van der Waals surface area contributed by atoms with E-state index in [4.69, 9.17) is 0 Å². The van der Waals surface area contributed by atoms with Crippen LogP contribution in [0.5, 0.6) is 0 Å². The fourth-order valence-corrected chi connectivity index (χ4v) is 1.92. The van der Waals surface area contributed by atoms with Crippen LogP contribution < -0.4 is 0 Å². The minimum atomic E-state index is -0.480. The molecule has 1 aliphatic heterocycles. The minimum Gasteiger partial charge on any atom is -0.392 e. The Balaban J connectivity index is 2.78. The van der Waals surface area contributed by atoms with Crippen LogP contribution in [0.3, 0.4) is 0 Å². The van der Waals surface area contributed by atoms with Crippen molar-refractivity contribution in [1.82, 2.24) is 4.90 Å². The van der Waals surface area contributed by atoms with Gasteiger partial charge in [-0.15, -0.1) is 0 Å². The molecule has 19 heavy (non-hydrogen) atoms. The van der Waals surface area contributed by atoms with Crippen molar-refractivity contribution in [2.45, 2.75) is 51.9 Å². The normalized spacial score (nSPS) is 25.1. The van der Waals surface area contributed by atoms with Crippen molar-refractivity contribution in [1.29, 1.82) is 0 Å². The Bertz CT molecular complexity index is 310. The Hall–Kier alpha value is -0.980. The van der Waals surface area contributed by atoms with Gasteiger partial charge in [-0.1, -0.05) is 0 Å². The lowest BCUT2D eigenvalue weighted by molar-refractivity contribution is 0.177. The maximum atomic E-state index is 9.55. The molecule has 0 bridgehead atoms. The number of hydrogen-bond acceptors (Lipinski definition) is 5. The molecule has 0 saturated carbocycles. The van der Waals surface area contributed by atoms with Crippen LogP contribution in [-0.2, 0) is 0 Å². The highest BCUT2D eigenvalue weighted by Crippen LogP contribution is 2.16. The summed E-state index contributed by atoms with van der Waals surface area (Å²) in [6, 6.07) is 0. The highest BCUT2D eigenvalue weighted by molar-refractivity contribution is 6.07. The fourth-order valence-electron chi connectivity index (χ4n) is 1.92. The van der Waals surface area contributed by atoms with E-state index >= 15 is 0 Å². The zero-order valence-electron chi connectivity index (χ0n) is 12.0. The van der Waals surface area contributed by atoms with E-state index in [9.17, 15) is 15.3 Å². The fraction of sp³-hybridized carbons (Fsp3) is 0.846. The standard InChI is InChI=1S/C13H25N3O3/c1-9(17)6-14-12-4-5-13(15-7-10(2)18)16(12)8-11(3)19/h9-11,17-19H,4-8H2,1-3H3. The second kappa shape index (κ2) is 7.57. The molecule has 0 spiro atoms. The second-order valence-corrected chi connectivity index (χ2v) is 5.17. The Morgan fingerprint density at radius 1 is 0.895 bits per heavy atom. The van der Waals surface area contributed by atoms with E-state index in [0.717, 1.165) is 24.5 Å². The van der Waals surface area contributed by atoms with Crippen molar-refractivity contribution in [2.75, 3.05) is 19.6 Å². The molecule has 110 valence electrons. The maximum absolute atomic E-state index is 9.55. The molecule has 1 fully saturated rings. The Morgan fingerprint density at radius 2 is 1.32 bits per heavy atom. The summed E-state index contributed by atoms with van der Waals surface area (Å²) < 4.78 is 0. The molecule has 0 aromatic rings. The Labute approximate surface area is 114 Å². The second-order valence-electron chi connectivity index (χ2n) is 5.17. The van der Waals surface area contributed by atoms with Crippen molar-refractivity contribution < 1.29 is 15.3 Å². The largest absolute Gasteiger partial charge is 0.392 e. The molecular formula is C13H25N3O3. The van der Waals surface area contributed by atoms with Crippen LogP contribution >= 0.6 is 0 Å². The molecule has 3 atom stereocenters. The molecule has 0 radical (unpaired) electrons. The molecule has 0 aromatic heterocycles. The quantitative estimate of drug-likeness (QED) is 0.635. The van der Waals surface area contributed by atoms with Crippen molar-refractivity contribution >= 4 is 11.7 Å². The van der Waals surface area contributed by atoms with E-state index in [1.165, 1.54) is 0 Å². The van der Waals surface area contributed by atoms with Gasteiger partial charge in [-0.25, -0.2) is 0 Å². The van der Waals surface area contributed by atoms with Crippen LogP contribution in [-0.4, -0.2) is 69.8 Å². The van der Waals surface area contributed by atoms with Gasteiger partial charge in [0.2, 0.25) is 0 Å². The summed E-state index contributed by atoms with van der Waals surface area (Å²) in [6.07, 6.45) is 0.0983. The van der Waals surface area contributed by atoms with Gasteiger partial charge in [-0.2, -0.15) is 0 Å². The molecule has 3 unspecified atom stereocenters. The van der Waals surface area contributed by atoms with Gasteiger partial charge < -0.3 is 20.2 Å². The number of rotatable bonds is 6. The molecule has 0 aliphatic carbocycles. The highest BCUT2D eigenvalue weighted by atomic mass is 16.3. The first-order valence-electron chi connectivity index (χ1n) is 6.78. The smallest absolute Gasteiger partial charge is 0.105 e. The summed E-state index contributed by atoms with van der Waals surface area (Å²) in [6.45, 7) is 6.26. The van der Waals surface area contributed by atoms with Crippen LogP contribution in [0.1, 0.15) is 33.6 Å². The lowest BCUT2D eigenvalue weighted by Gasteiger charge is -2.22. The molecule has 1 aliphatic rings. The van der Waals surface area contributed by atoms with Crippen molar-refractivity contribution in [2.24, 2.45) is 9.98 Å². The lowest BCUT2D eigenvalue weighted by atomic mass is 10.3. The molecule has 1 saturated heterocycles. The summed E-state index contributed by atoms with van der Waals surface area (Å²) >= 11 is 0. The van der Waals surface area contributed by atoms with E-state index in [2.05, 4.69) is 9.98 Å². The Kier molecular flexibility index (Phi) is 6.41. The van der Waals surface area contributed by atoms with Gasteiger partial charge >= 0.3 is 0 Å². The molecular weight excluding hydrogens is 246 g/mol. The predicted octanol–water partition coefficient (Wildman–Crippen LogP) is 0.0216. The first-order valence-corrected chi connectivity index (χ1v) is 6.78. The van der Waals surface area contributed by atoms with Gasteiger partial charge in [0.05, 0.1) is 37.9 Å². The van der Waals surface area contributed by atoms with E-state index in [1.807, 2.05) is 4.90 Å². The van der Waals surface area contributed by atoms with Gasteiger partial charge in [0.25, 0.3) is 0 Å². The number of aliphatic hydroxyl groups is 3. The molecule has 1 rings (SSSR count). The number of amidine groups is 2. The van der Waals surface area contributed by atoms with Crippen LogP contribution in [0, 0.1) is 0 Å². The van der Waals surface area contributed by atoms with Gasteiger partial charge in [-0.05, 0) is 20.8 Å². The third-order valence-corrected chi connectivity index (χ3v) is 2.72. The van der Waals surface area contributed by atoms with Gasteiger partial charge in [-0.3, -0.25) is 9.98 Å². The summed E-state index contributed by atoms with van der Waals surface area (Å²) in [7, 11) is 0. The SMILES string of the molecule is CC(O)CN=C1CCC(=NCC(C)O)N1CC(C)O. The van der Waals surface area contributed by atoms with Crippen LogP contribution in [0.4, 0.5) is 0 Å². The van der Waals surface area contributed by atoms with Crippen LogP contribution in [0.25, 0.3) is 0 Å². The average molecular weight is 271 g/mol. The summed E-state index contributed by atoms with van der Waals surface area (Å²) in [5, 5.41) is 28.1. The summed E-state index contributed by atoms with van der Waals surface area (Å²) in [4.78, 5) is 10.6.